The highest BCUT2D eigenvalue weighted by Gasteiger charge is 2.01. The largest absolute Gasteiger partial charge is 0.488 e. The molecule has 3 nitrogen and oxygen atoms in total. The lowest BCUT2D eigenvalue weighted by molar-refractivity contribution is 0.309. The molecule has 1 heterocycles. The van der Waals surface area contributed by atoms with Crippen LogP contribution in [0.2, 0.25) is 4.47 Å². The smallest absolute Gasteiger partial charge is 0.183 e. The highest BCUT2D eigenvalue weighted by atomic mass is 35.5. The van der Waals surface area contributed by atoms with Crippen molar-refractivity contribution in [3.63, 3.8) is 0 Å². The fourth-order valence-electron chi connectivity index (χ4n) is 1.60. The van der Waals surface area contributed by atoms with Gasteiger partial charge in [0.05, 0.1) is 4.88 Å². The van der Waals surface area contributed by atoms with E-state index in [9.17, 15) is 0 Å². The second-order valence-corrected chi connectivity index (χ2v) is 5.61. The first-order valence-corrected chi connectivity index (χ1v) is 6.99. The van der Waals surface area contributed by atoms with Crippen molar-refractivity contribution in [3.05, 3.63) is 45.4 Å². The number of hydrogen-bond acceptors (Lipinski definition) is 4. The summed E-state index contributed by atoms with van der Waals surface area (Å²) in [5, 5.41) is 0. The van der Waals surface area contributed by atoms with Crippen LogP contribution in [0.5, 0.6) is 5.75 Å². The predicted molar refractivity (Wildman–Crippen MR) is 75.3 cm³/mol. The summed E-state index contributed by atoms with van der Waals surface area (Å²) < 4.78 is 6.25. The molecule has 1 aromatic carbocycles. The van der Waals surface area contributed by atoms with Crippen molar-refractivity contribution in [2.24, 2.45) is 5.73 Å². The van der Waals surface area contributed by atoms with Crippen LogP contribution in [-0.2, 0) is 13.0 Å². The van der Waals surface area contributed by atoms with E-state index in [-0.39, 0.29) is 0 Å². The van der Waals surface area contributed by atoms with Gasteiger partial charge in [0.15, 0.2) is 4.47 Å². The van der Waals surface area contributed by atoms with Crippen LogP contribution >= 0.6 is 22.9 Å². The first-order valence-electron chi connectivity index (χ1n) is 5.80. The molecule has 18 heavy (non-hydrogen) atoms. The molecule has 0 radical (unpaired) electrons. The molecule has 0 spiro atoms. The second-order valence-electron chi connectivity index (χ2n) is 3.91. The van der Waals surface area contributed by atoms with Crippen molar-refractivity contribution in [1.29, 1.82) is 0 Å². The molecular formula is C13H15ClN2OS. The molecule has 0 fully saturated rings. The van der Waals surface area contributed by atoms with Gasteiger partial charge in [-0.2, -0.15) is 0 Å². The number of aromatic nitrogens is 1. The maximum absolute atomic E-state index is 5.76. The lowest BCUT2D eigenvalue weighted by Crippen LogP contribution is -2.00. The minimum atomic E-state index is 0.505. The minimum absolute atomic E-state index is 0.505. The van der Waals surface area contributed by atoms with Gasteiger partial charge < -0.3 is 10.5 Å². The Morgan fingerprint density at radius 2 is 2.28 bits per heavy atom. The van der Waals surface area contributed by atoms with Gasteiger partial charge in [0.25, 0.3) is 0 Å². The van der Waals surface area contributed by atoms with Gasteiger partial charge in [0, 0.05) is 6.20 Å². The summed E-state index contributed by atoms with van der Waals surface area (Å²) in [6.45, 7) is 1.22. The maximum atomic E-state index is 5.76. The molecule has 1 aromatic heterocycles. The monoisotopic (exact) mass is 282 g/mol. The highest BCUT2D eigenvalue weighted by Crippen LogP contribution is 2.21. The molecule has 0 amide bonds. The topological polar surface area (TPSA) is 48.1 Å². The molecule has 0 aliphatic carbocycles. The predicted octanol–water partition coefficient (Wildman–Crippen LogP) is 3.27. The number of hydrogen-bond donors (Lipinski definition) is 1. The Morgan fingerprint density at radius 3 is 3.00 bits per heavy atom. The normalized spacial score (nSPS) is 10.6. The zero-order valence-corrected chi connectivity index (χ0v) is 11.5. The van der Waals surface area contributed by atoms with Crippen molar-refractivity contribution in [2.45, 2.75) is 19.4 Å². The molecule has 2 rings (SSSR count). The number of thiazole rings is 1. The zero-order chi connectivity index (χ0) is 12.8. The van der Waals surface area contributed by atoms with E-state index in [2.05, 4.69) is 17.1 Å². The quantitative estimate of drug-likeness (QED) is 0.885. The van der Waals surface area contributed by atoms with Gasteiger partial charge in [-0.05, 0) is 37.1 Å². The molecule has 96 valence electrons. The van der Waals surface area contributed by atoms with Gasteiger partial charge in [-0.15, -0.1) is 11.3 Å². The summed E-state index contributed by atoms with van der Waals surface area (Å²) in [4.78, 5) is 5.00. The van der Waals surface area contributed by atoms with Crippen LogP contribution in [0.3, 0.4) is 0 Å². The van der Waals surface area contributed by atoms with E-state index in [1.807, 2.05) is 12.1 Å². The van der Waals surface area contributed by atoms with Crippen LogP contribution in [0, 0.1) is 0 Å². The lowest BCUT2D eigenvalue weighted by atomic mass is 10.1. The van der Waals surface area contributed by atoms with Crippen molar-refractivity contribution >= 4 is 22.9 Å². The molecule has 0 saturated carbocycles. The Balaban J connectivity index is 1.92. The summed E-state index contributed by atoms with van der Waals surface area (Å²) >= 11 is 7.20. The van der Waals surface area contributed by atoms with Crippen LogP contribution in [0.1, 0.15) is 16.9 Å². The van der Waals surface area contributed by atoms with E-state index in [1.54, 1.807) is 6.20 Å². The minimum Gasteiger partial charge on any atom is -0.488 e. The Bertz CT molecular complexity index is 501. The van der Waals surface area contributed by atoms with Crippen molar-refractivity contribution in [2.75, 3.05) is 6.54 Å². The second kappa shape index (κ2) is 6.73. The number of aryl methyl sites for hydroxylation is 1. The van der Waals surface area contributed by atoms with Crippen LogP contribution in [0.25, 0.3) is 0 Å². The average Bonchev–Trinajstić information content (AvgIpc) is 2.80. The van der Waals surface area contributed by atoms with E-state index in [0.29, 0.717) is 17.6 Å². The van der Waals surface area contributed by atoms with Crippen LogP contribution in [0.15, 0.2) is 30.5 Å². The van der Waals surface area contributed by atoms with Crippen LogP contribution in [-0.4, -0.2) is 11.5 Å². The summed E-state index contributed by atoms with van der Waals surface area (Å²) in [7, 11) is 0. The number of halogens is 1. The molecule has 0 atom stereocenters. The SMILES string of the molecule is NCCCc1cccc(OCc2cnc(Cl)s2)c1. The van der Waals surface area contributed by atoms with Gasteiger partial charge in [-0.3, -0.25) is 0 Å². The van der Waals surface area contributed by atoms with E-state index in [4.69, 9.17) is 22.1 Å². The number of nitrogens with two attached hydrogens (primary N) is 1. The van der Waals surface area contributed by atoms with Crippen LogP contribution < -0.4 is 10.5 Å². The number of ether oxygens (including phenoxy) is 1. The van der Waals surface area contributed by atoms with Gasteiger partial charge >= 0.3 is 0 Å². The molecule has 5 heteroatoms. The molecule has 0 bridgehead atoms. The Morgan fingerprint density at radius 1 is 1.39 bits per heavy atom. The average molecular weight is 283 g/mol. The highest BCUT2D eigenvalue weighted by molar-refractivity contribution is 7.15. The molecule has 2 aromatic rings. The zero-order valence-electron chi connectivity index (χ0n) is 9.93. The van der Waals surface area contributed by atoms with Gasteiger partial charge in [0.2, 0.25) is 0 Å². The first-order chi connectivity index (χ1) is 8.78. The summed E-state index contributed by atoms with van der Waals surface area (Å²) in [5.41, 5.74) is 6.75. The lowest BCUT2D eigenvalue weighted by Gasteiger charge is -2.06. The number of benzene rings is 1. The van der Waals surface area contributed by atoms with E-state index < -0.39 is 0 Å². The van der Waals surface area contributed by atoms with Gasteiger partial charge in [-0.25, -0.2) is 4.98 Å². The Hall–Kier alpha value is -1.10. The van der Waals surface area contributed by atoms with Crippen LogP contribution in [0.4, 0.5) is 0 Å². The summed E-state index contributed by atoms with van der Waals surface area (Å²) in [5.74, 6) is 0.869. The van der Waals surface area contributed by atoms with E-state index >= 15 is 0 Å². The summed E-state index contributed by atoms with van der Waals surface area (Å²) in [6.07, 6.45) is 3.72. The maximum Gasteiger partial charge on any atom is 0.183 e. The van der Waals surface area contributed by atoms with Crippen molar-refractivity contribution in [3.8, 4) is 5.75 Å². The Kier molecular flexibility index (Phi) is 4.99. The third kappa shape index (κ3) is 3.98. The molecule has 2 N–H and O–H groups in total. The standard InChI is InChI=1S/C13H15ClN2OS/c14-13-16-8-12(18-13)9-17-11-5-1-3-10(7-11)4-2-6-15/h1,3,5,7-8H,2,4,6,9,15H2. The molecular weight excluding hydrogens is 268 g/mol. The molecule has 0 saturated heterocycles. The molecule has 0 aliphatic rings. The van der Waals surface area contributed by atoms with E-state index in [0.717, 1.165) is 23.5 Å². The summed E-state index contributed by atoms with van der Waals surface area (Å²) in [6, 6.07) is 8.10. The third-order valence-electron chi connectivity index (χ3n) is 2.47. The molecule has 0 unspecified atom stereocenters. The first kappa shape index (κ1) is 13.3. The number of nitrogens with zero attached hydrogens (tertiary/aromatic N) is 1. The fourth-order valence-corrected chi connectivity index (χ4v) is 2.49. The fraction of sp³-hybridized carbons (Fsp3) is 0.308. The van der Waals surface area contributed by atoms with E-state index in [1.165, 1.54) is 16.9 Å². The third-order valence-corrected chi connectivity index (χ3v) is 3.56. The molecule has 0 aliphatic heterocycles. The Labute approximate surface area is 116 Å². The van der Waals surface area contributed by atoms with Crippen molar-refractivity contribution < 1.29 is 4.74 Å². The van der Waals surface area contributed by atoms with Gasteiger partial charge in [0.1, 0.15) is 12.4 Å². The van der Waals surface area contributed by atoms with Gasteiger partial charge in [-0.1, -0.05) is 23.7 Å². The number of rotatable bonds is 6. The van der Waals surface area contributed by atoms with Crippen molar-refractivity contribution in [1.82, 2.24) is 4.98 Å².